The smallest absolute Gasteiger partial charge is 0.211 e. The van der Waals surface area contributed by atoms with Crippen LogP contribution in [-0.4, -0.2) is 31.4 Å². The molecular formula is C12H21NO4S. The van der Waals surface area contributed by atoms with Gasteiger partial charge in [-0.3, -0.25) is 0 Å². The average molecular weight is 275 g/mol. The van der Waals surface area contributed by atoms with Gasteiger partial charge in [-0.1, -0.05) is 13.3 Å². The van der Waals surface area contributed by atoms with Crippen molar-refractivity contribution in [2.45, 2.75) is 38.7 Å². The molecule has 0 spiro atoms. The van der Waals surface area contributed by atoms with Crippen LogP contribution in [0.3, 0.4) is 0 Å². The highest BCUT2D eigenvalue weighted by atomic mass is 32.2. The molecule has 5 nitrogen and oxygen atoms in total. The molecule has 6 heteroatoms. The second kappa shape index (κ2) is 6.36. The molecule has 0 unspecified atom stereocenters. The summed E-state index contributed by atoms with van der Waals surface area (Å²) in [5.74, 6) is 0.730. The lowest BCUT2D eigenvalue weighted by molar-refractivity contribution is 0.0603. The summed E-state index contributed by atoms with van der Waals surface area (Å²) in [7, 11) is -3.30. The molecular weight excluding hydrogens is 254 g/mol. The maximum Gasteiger partial charge on any atom is 0.211 e. The van der Waals surface area contributed by atoms with Crippen LogP contribution in [0, 0.1) is 0 Å². The molecule has 0 radical (unpaired) electrons. The quantitative estimate of drug-likeness (QED) is 0.749. The molecule has 0 saturated heterocycles. The Morgan fingerprint density at radius 2 is 2.22 bits per heavy atom. The molecule has 1 aromatic rings. The standard InChI is InChI=1S/C12H21NO4S/c1-3-4-8-18(15,16)13-10-12(2,14)9-11-6-5-7-17-11/h5-7,13-14H,3-4,8-10H2,1-2H3/t12-/m0/s1. The largest absolute Gasteiger partial charge is 0.469 e. The lowest BCUT2D eigenvalue weighted by Crippen LogP contribution is -2.42. The summed E-state index contributed by atoms with van der Waals surface area (Å²) in [6.07, 6.45) is 3.24. The number of unbranched alkanes of at least 4 members (excludes halogenated alkanes) is 1. The van der Waals surface area contributed by atoms with Gasteiger partial charge in [-0.25, -0.2) is 13.1 Å². The van der Waals surface area contributed by atoms with Crippen molar-refractivity contribution in [3.63, 3.8) is 0 Å². The van der Waals surface area contributed by atoms with Crippen LogP contribution in [0.5, 0.6) is 0 Å². The molecule has 0 aliphatic heterocycles. The number of hydrogen-bond acceptors (Lipinski definition) is 4. The van der Waals surface area contributed by atoms with E-state index in [0.29, 0.717) is 12.2 Å². The van der Waals surface area contributed by atoms with Gasteiger partial charge in [0.2, 0.25) is 10.0 Å². The van der Waals surface area contributed by atoms with Crippen LogP contribution in [-0.2, 0) is 16.4 Å². The van der Waals surface area contributed by atoms with Gasteiger partial charge in [0.25, 0.3) is 0 Å². The number of hydrogen-bond donors (Lipinski definition) is 2. The fourth-order valence-corrected chi connectivity index (χ4v) is 2.87. The van der Waals surface area contributed by atoms with Gasteiger partial charge >= 0.3 is 0 Å². The van der Waals surface area contributed by atoms with Crippen molar-refractivity contribution in [2.24, 2.45) is 0 Å². The molecule has 0 aromatic carbocycles. The summed E-state index contributed by atoms with van der Waals surface area (Å²) in [6.45, 7) is 3.50. The van der Waals surface area contributed by atoms with E-state index in [9.17, 15) is 13.5 Å². The first-order valence-corrected chi connectivity index (χ1v) is 7.72. The average Bonchev–Trinajstić information content (AvgIpc) is 2.76. The Morgan fingerprint density at radius 1 is 1.50 bits per heavy atom. The fraction of sp³-hybridized carbons (Fsp3) is 0.667. The molecule has 1 aromatic heterocycles. The van der Waals surface area contributed by atoms with Crippen LogP contribution in [0.4, 0.5) is 0 Å². The lowest BCUT2D eigenvalue weighted by atomic mass is 10.0. The first-order chi connectivity index (χ1) is 8.35. The van der Waals surface area contributed by atoms with E-state index in [1.807, 2.05) is 6.92 Å². The van der Waals surface area contributed by atoms with Crippen molar-refractivity contribution in [2.75, 3.05) is 12.3 Å². The number of rotatable bonds is 8. The summed E-state index contributed by atoms with van der Waals surface area (Å²) in [6, 6.07) is 3.48. The summed E-state index contributed by atoms with van der Waals surface area (Å²) in [5.41, 5.74) is -1.16. The topological polar surface area (TPSA) is 79.5 Å². The maximum atomic E-state index is 11.6. The maximum absolute atomic E-state index is 11.6. The molecule has 2 N–H and O–H groups in total. The zero-order chi connectivity index (χ0) is 13.6. The van der Waals surface area contributed by atoms with Gasteiger partial charge in [0.05, 0.1) is 17.6 Å². The fourth-order valence-electron chi connectivity index (χ4n) is 1.52. The molecule has 0 aliphatic carbocycles. The Hall–Kier alpha value is -0.850. The van der Waals surface area contributed by atoms with E-state index in [1.54, 1.807) is 19.1 Å². The van der Waals surface area contributed by atoms with Crippen molar-refractivity contribution in [1.82, 2.24) is 4.72 Å². The molecule has 104 valence electrons. The zero-order valence-corrected chi connectivity index (χ0v) is 11.7. The Bertz CT molecular complexity index is 437. The predicted molar refractivity (Wildman–Crippen MR) is 69.7 cm³/mol. The van der Waals surface area contributed by atoms with Gasteiger partial charge in [-0.05, 0) is 25.5 Å². The van der Waals surface area contributed by atoms with E-state index >= 15 is 0 Å². The molecule has 1 heterocycles. The van der Waals surface area contributed by atoms with E-state index < -0.39 is 15.6 Å². The minimum absolute atomic E-state index is 0.0141. The summed E-state index contributed by atoms with van der Waals surface area (Å²) < 4.78 is 30.7. The number of sulfonamides is 1. The first-order valence-electron chi connectivity index (χ1n) is 6.07. The van der Waals surface area contributed by atoms with Gasteiger partial charge in [-0.15, -0.1) is 0 Å². The molecule has 0 saturated carbocycles. The van der Waals surface area contributed by atoms with Crippen molar-refractivity contribution in [3.8, 4) is 0 Å². The van der Waals surface area contributed by atoms with Crippen LogP contribution in [0.15, 0.2) is 22.8 Å². The van der Waals surface area contributed by atoms with Crippen LogP contribution >= 0.6 is 0 Å². The second-order valence-electron chi connectivity index (χ2n) is 4.75. The van der Waals surface area contributed by atoms with E-state index in [2.05, 4.69) is 4.72 Å². The van der Waals surface area contributed by atoms with Crippen LogP contribution in [0.2, 0.25) is 0 Å². The third-order valence-electron chi connectivity index (χ3n) is 2.57. The molecule has 0 aliphatic rings. The second-order valence-corrected chi connectivity index (χ2v) is 6.67. The Morgan fingerprint density at radius 3 is 2.78 bits per heavy atom. The van der Waals surface area contributed by atoms with Crippen LogP contribution in [0.1, 0.15) is 32.4 Å². The summed E-state index contributed by atoms with van der Waals surface area (Å²) in [4.78, 5) is 0. The Kier molecular flexibility index (Phi) is 5.37. The molecule has 1 rings (SSSR count). The van der Waals surface area contributed by atoms with Crippen LogP contribution in [0.25, 0.3) is 0 Å². The highest BCUT2D eigenvalue weighted by molar-refractivity contribution is 7.89. The van der Waals surface area contributed by atoms with Gasteiger partial charge in [-0.2, -0.15) is 0 Å². The minimum Gasteiger partial charge on any atom is -0.469 e. The minimum atomic E-state index is -3.30. The Balaban J connectivity index is 2.46. The molecule has 0 fully saturated rings. The van der Waals surface area contributed by atoms with Crippen LogP contribution < -0.4 is 4.72 Å². The van der Waals surface area contributed by atoms with E-state index in [0.717, 1.165) is 6.42 Å². The Labute approximate surface area is 108 Å². The highest BCUT2D eigenvalue weighted by Gasteiger charge is 2.24. The van der Waals surface area contributed by atoms with Crippen molar-refractivity contribution in [3.05, 3.63) is 24.2 Å². The van der Waals surface area contributed by atoms with Gasteiger partial charge in [0, 0.05) is 13.0 Å². The van der Waals surface area contributed by atoms with Gasteiger partial charge in [0.1, 0.15) is 5.76 Å². The SMILES string of the molecule is CCCCS(=O)(=O)NC[C@@](C)(O)Cc1ccco1. The third-order valence-corrected chi connectivity index (χ3v) is 3.98. The van der Waals surface area contributed by atoms with Gasteiger partial charge in [0.15, 0.2) is 0 Å². The van der Waals surface area contributed by atoms with Crippen molar-refractivity contribution >= 4 is 10.0 Å². The summed E-state index contributed by atoms with van der Waals surface area (Å²) >= 11 is 0. The normalized spacial score (nSPS) is 15.5. The lowest BCUT2D eigenvalue weighted by Gasteiger charge is -2.22. The van der Waals surface area contributed by atoms with Gasteiger partial charge < -0.3 is 9.52 Å². The monoisotopic (exact) mass is 275 g/mol. The molecule has 1 atom stereocenters. The highest BCUT2D eigenvalue weighted by Crippen LogP contribution is 2.13. The first kappa shape index (κ1) is 15.2. The number of aliphatic hydroxyl groups is 1. The zero-order valence-electron chi connectivity index (χ0n) is 10.8. The van der Waals surface area contributed by atoms with Crippen molar-refractivity contribution in [1.29, 1.82) is 0 Å². The summed E-state index contributed by atoms with van der Waals surface area (Å²) in [5, 5.41) is 10.1. The molecule has 0 amide bonds. The van der Waals surface area contributed by atoms with E-state index in [4.69, 9.17) is 4.42 Å². The molecule has 18 heavy (non-hydrogen) atoms. The van der Waals surface area contributed by atoms with Crippen molar-refractivity contribution < 1.29 is 17.9 Å². The van der Waals surface area contributed by atoms with E-state index in [1.165, 1.54) is 6.26 Å². The number of furan rings is 1. The third kappa shape index (κ3) is 5.66. The van der Waals surface area contributed by atoms with E-state index in [-0.39, 0.29) is 18.7 Å². The number of nitrogens with one attached hydrogen (secondary N) is 1. The predicted octanol–water partition coefficient (Wildman–Crippen LogP) is 1.29. The molecule has 0 bridgehead atoms.